The second kappa shape index (κ2) is 8.91. The fourth-order valence-corrected chi connectivity index (χ4v) is 9.30. The monoisotopic (exact) mass is 382 g/mol. The molecule has 0 spiro atoms. The maximum atomic E-state index is 14.2. The SMILES string of the molecule is CC1CC(C)C(C(=O)P(=O)(OC2CCCCC2)C2CCCCC2)C(C)C1. The predicted molar refractivity (Wildman–Crippen MR) is 108 cm³/mol. The summed E-state index contributed by atoms with van der Waals surface area (Å²) in [7, 11) is -3.26. The summed E-state index contributed by atoms with van der Waals surface area (Å²) in [6.07, 6.45) is 13.0. The van der Waals surface area contributed by atoms with Crippen molar-refractivity contribution in [2.45, 2.75) is 110 Å². The third-order valence-electron chi connectivity index (χ3n) is 7.28. The fraction of sp³-hybridized carbons (Fsp3) is 0.955. The van der Waals surface area contributed by atoms with Gasteiger partial charge in [0.2, 0.25) is 5.52 Å². The largest absolute Gasteiger partial charge is 0.320 e. The quantitative estimate of drug-likeness (QED) is 0.492. The van der Waals surface area contributed by atoms with Gasteiger partial charge in [0.25, 0.3) is 7.37 Å². The summed E-state index contributed by atoms with van der Waals surface area (Å²) in [5, 5.41) is 0. The van der Waals surface area contributed by atoms with Crippen LogP contribution >= 0.6 is 7.37 Å². The summed E-state index contributed by atoms with van der Waals surface area (Å²) >= 11 is 0. The zero-order chi connectivity index (χ0) is 18.7. The number of hydrogen-bond acceptors (Lipinski definition) is 3. The summed E-state index contributed by atoms with van der Waals surface area (Å²) in [6.45, 7) is 6.67. The lowest BCUT2D eigenvalue weighted by Crippen LogP contribution is -2.37. The minimum absolute atomic E-state index is 0.00979. The molecule has 3 aliphatic carbocycles. The Balaban J connectivity index is 1.83. The van der Waals surface area contributed by atoms with Crippen LogP contribution in [-0.4, -0.2) is 17.3 Å². The first-order chi connectivity index (χ1) is 12.4. The van der Waals surface area contributed by atoms with Crippen LogP contribution in [0, 0.1) is 23.7 Å². The van der Waals surface area contributed by atoms with Crippen LogP contribution in [0.3, 0.4) is 0 Å². The molecule has 0 amide bonds. The lowest BCUT2D eigenvalue weighted by molar-refractivity contribution is -0.121. The van der Waals surface area contributed by atoms with Gasteiger partial charge in [-0.3, -0.25) is 9.36 Å². The van der Waals surface area contributed by atoms with Gasteiger partial charge >= 0.3 is 0 Å². The van der Waals surface area contributed by atoms with Crippen LogP contribution < -0.4 is 0 Å². The Morgan fingerprint density at radius 2 is 1.31 bits per heavy atom. The van der Waals surface area contributed by atoms with Gasteiger partial charge in [-0.1, -0.05) is 59.3 Å². The highest BCUT2D eigenvalue weighted by Crippen LogP contribution is 2.62. The van der Waals surface area contributed by atoms with E-state index >= 15 is 0 Å². The highest BCUT2D eigenvalue weighted by atomic mass is 31.2. The van der Waals surface area contributed by atoms with Crippen LogP contribution in [0.15, 0.2) is 0 Å². The summed E-state index contributed by atoms with van der Waals surface area (Å²) in [4.78, 5) is 13.7. The van der Waals surface area contributed by atoms with Crippen molar-refractivity contribution in [3.05, 3.63) is 0 Å². The second-order valence-electron chi connectivity index (χ2n) is 9.65. The first-order valence-electron chi connectivity index (χ1n) is 11.2. The smallest absolute Gasteiger partial charge is 0.270 e. The standard InChI is InChI=1S/C22H39O3P/c1-16-14-17(2)21(18(3)15-16)22(23)26(24,20-12-8-5-9-13-20)25-19-10-6-4-7-11-19/h16-21H,4-15H2,1-3H3. The lowest BCUT2D eigenvalue weighted by Gasteiger charge is -2.41. The van der Waals surface area contributed by atoms with Crippen molar-refractivity contribution in [1.29, 1.82) is 0 Å². The zero-order valence-corrected chi connectivity index (χ0v) is 18.0. The number of rotatable bonds is 5. The molecule has 3 fully saturated rings. The van der Waals surface area contributed by atoms with E-state index in [-0.39, 0.29) is 23.2 Å². The van der Waals surface area contributed by atoms with Gasteiger partial charge in [0, 0.05) is 11.6 Å². The Morgan fingerprint density at radius 3 is 1.85 bits per heavy atom. The average molecular weight is 383 g/mol. The molecule has 4 heteroatoms. The van der Waals surface area contributed by atoms with Crippen molar-refractivity contribution in [1.82, 2.24) is 0 Å². The van der Waals surface area contributed by atoms with E-state index in [0.717, 1.165) is 64.2 Å². The number of hydrogen-bond donors (Lipinski definition) is 0. The molecule has 3 saturated carbocycles. The van der Waals surface area contributed by atoms with Crippen LogP contribution in [0.25, 0.3) is 0 Å². The molecule has 0 bridgehead atoms. The van der Waals surface area contributed by atoms with Crippen molar-refractivity contribution in [2.75, 3.05) is 0 Å². The molecule has 26 heavy (non-hydrogen) atoms. The van der Waals surface area contributed by atoms with E-state index in [2.05, 4.69) is 20.8 Å². The second-order valence-corrected chi connectivity index (χ2v) is 12.2. The normalized spacial score (nSPS) is 37.2. The topological polar surface area (TPSA) is 43.4 Å². The third-order valence-corrected chi connectivity index (χ3v) is 10.3. The van der Waals surface area contributed by atoms with Gasteiger partial charge < -0.3 is 4.52 Å². The average Bonchev–Trinajstić information content (AvgIpc) is 2.62. The van der Waals surface area contributed by atoms with Crippen LogP contribution in [0.5, 0.6) is 0 Å². The maximum absolute atomic E-state index is 14.2. The Kier molecular flexibility index (Phi) is 7.05. The van der Waals surface area contributed by atoms with E-state index < -0.39 is 7.37 Å². The van der Waals surface area contributed by atoms with Crippen LogP contribution in [0.1, 0.15) is 97.8 Å². The van der Waals surface area contributed by atoms with Crippen molar-refractivity contribution in [2.24, 2.45) is 23.7 Å². The molecule has 0 aromatic heterocycles. The van der Waals surface area contributed by atoms with E-state index in [0.29, 0.717) is 17.8 Å². The van der Waals surface area contributed by atoms with E-state index in [1.165, 1.54) is 12.8 Å². The van der Waals surface area contributed by atoms with E-state index in [4.69, 9.17) is 4.52 Å². The van der Waals surface area contributed by atoms with Crippen molar-refractivity contribution >= 4 is 12.9 Å². The third kappa shape index (κ3) is 4.46. The molecule has 0 saturated heterocycles. The van der Waals surface area contributed by atoms with Crippen molar-refractivity contribution in [3.8, 4) is 0 Å². The molecule has 3 atom stereocenters. The molecule has 150 valence electrons. The molecule has 0 aromatic carbocycles. The molecular weight excluding hydrogens is 343 g/mol. The van der Waals surface area contributed by atoms with Gasteiger partial charge in [-0.25, -0.2) is 0 Å². The van der Waals surface area contributed by atoms with Gasteiger partial charge in [0.05, 0.1) is 6.10 Å². The summed E-state index contributed by atoms with van der Waals surface area (Å²) < 4.78 is 20.6. The van der Waals surface area contributed by atoms with Crippen LogP contribution in [0.4, 0.5) is 0 Å². The first kappa shape index (κ1) is 20.6. The Bertz CT molecular complexity index is 507. The van der Waals surface area contributed by atoms with Gasteiger partial charge in [-0.05, 0) is 56.3 Å². The lowest BCUT2D eigenvalue weighted by atomic mass is 9.70. The minimum atomic E-state index is -3.26. The molecule has 0 heterocycles. The fourth-order valence-electron chi connectivity index (χ4n) is 6.05. The molecule has 0 radical (unpaired) electrons. The van der Waals surface area contributed by atoms with Crippen LogP contribution in [-0.2, 0) is 13.9 Å². The van der Waals surface area contributed by atoms with Gasteiger partial charge in [-0.15, -0.1) is 0 Å². The van der Waals surface area contributed by atoms with Gasteiger partial charge in [0.1, 0.15) is 0 Å². The van der Waals surface area contributed by atoms with E-state index in [1.807, 2.05) is 0 Å². The zero-order valence-electron chi connectivity index (χ0n) is 17.1. The summed E-state index contributed by atoms with van der Waals surface area (Å²) in [5.74, 6) is 1.25. The van der Waals surface area contributed by atoms with E-state index in [9.17, 15) is 9.36 Å². The Hall–Kier alpha value is -0.140. The molecule has 0 aliphatic heterocycles. The minimum Gasteiger partial charge on any atom is -0.320 e. The highest BCUT2D eigenvalue weighted by molar-refractivity contribution is 7.76. The van der Waals surface area contributed by atoms with Crippen LogP contribution in [0.2, 0.25) is 0 Å². The molecule has 0 aromatic rings. The van der Waals surface area contributed by atoms with Gasteiger partial charge in [0.15, 0.2) is 0 Å². The number of carbonyl (C=O) groups excluding carboxylic acids is 1. The highest BCUT2D eigenvalue weighted by Gasteiger charge is 2.50. The number of carbonyl (C=O) groups is 1. The summed E-state index contributed by atoms with van der Waals surface area (Å²) in [6, 6.07) is 0. The molecule has 3 rings (SSSR count). The molecule has 3 unspecified atom stereocenters. The molecule has 3 aliphatic rings. The maximum Gasteiger partial charge on any atom is 0.270 e. The molecular formula is C22H39O3P. The predicted octanol–water partition coefficient (Wildman–Crippen LogP) is 6.79. The summed E-state index contributed by atoms with van der Waals surface area (Å²) in [5.41, 5.74) is 0.00583. The van der Waals surface area contributed by atoms with Crippen molar-refractivity contribution in [3.63, 3.8) is 0 Å². The Labute approximate surface area is 160 Å². The first-order valence-corrected chi connectivity index (χ1v) is 12.9. The molecule has 3 nitrogen and oxygen atoms in total. The van der Waals surface area contributed by atoms with Crippen molar-refractivity contribution < 1.29 is 13.9 Å². The molecule has 0 N–H and O–H groups in total. The van der Waals surface area contributed by atoms with Gasteiger partial charge in [-0.2, -0.15) is 0 Å². The van der Waals surface area contributed by atoms with E-state index in [1.54, 1.807) is 0 Å². The Morgan fingerprint density at radius 1 is 0.808 bits per heavy atom.